The van der Waals surface area contributed by atoms with Gasteiger partial charge < -0.3 is 19.7 Å². The number of nitrogens with zero attached hydrogens (tertiary/aromatic N) is 3. The third-order valence-electron chi connectivity index (χ3n) is 5.72. The van der Waals surface area contributed by atoms with Crippen LogP contribution in [0.5, 0.6) is 0 Å². The molecule has 1 aliphatic rings. The average molecular weight is 429 g/mol. The summed E-state index contributed by atoms with van der Waals surface area (Å²) in [5.74, 6) is 0.00637. The fourth-order valence-corrected chi connectivity index (χ4v) is 3.81. The number of carbonyl (C=O) groups excluding carboxylic acids is 2. The molecule has 7 heteroatoms. The van der Waals surface area contributed by atoms with Gasteiger partial charge in [-0.15, -0.1) is 11.8 Å². The van der Waals surface area contributed by atoms with Crippen LogP contribution >= 0.6 is 11.8 Å². The fourth-order valence-electron chi connectivity index (χ4n) is 3.40. The zero-order chi connectivity index (χ0) is 21.7. The van der Waals surface area contributed by atoms with Crippen LogP contribution in [0.4, 0.5) is 10.5 Å². The maximum atomic E-state index is 13.2. The number of amides is 3. The minimum atomic E-state index is -0.232. The minimum absolute atomic E-state index is 0.00637. The summed E-state index contributed by atoms with van der Waals surface area (Å²) in [4.78, 5) is 31.0. The van der Waals surface area contributed by atoms with Gasteiger partial charge in [0.2, 0.25) is 5.91 Å². The molecule has 30 heavy (non-hydrogen) atoms. The Morgan fingerprint density at radius 1 is 1.23 bits per heavy atom. The summed E-state index contributed by atoms with van der Waals surface area (Å²) < 4.78 is 2.04. The maximum absolute atomic E-state index is 13.2. The number of nitrogens with one attached hydrogen (secondary N) is 1. The van der Waals surface area contributed by atoms with Gasteiger partial charge >= 0.3 is 6.03 Å². The lowest BCUT2D eigenvalue weighted by Crippen LogP contribution is -2.48. The van der Waals surface area contributed by atoms with Crippen LogP contribution in [0.1, 0.15) is 38.8 Å². The van der Waals surface area contributed by atoms with E-state index in [1.54, 1.807) is 16.7 Å². The van der Waals surface area contributed by atoms with Crippen molar-refractivity contribution in [3.63, 3.8) is 0 Å². The average Bonchev–Trinajstić information content (AvgIpc) is 3.51. The summed E-state index contributed by atoms with van der Waals surface area (Å²) in [6, 6.07) is 11.8. The van der Waals surface area contributed by atoms with Gasteiger partial charge in [-0.2, -0.15) is 0 Å². The van der Waals surface area contributed by atoms with Crippen molar-refractivity contribution in [2.75, 3.05) is 18.1 Å². The summed E-state index contributed by atoms with van der Waals surface area (Å²) >= 11 is 1.66. The highest BCUT2D eigenvalue weighted by atomic mass is 32.2. The van der Waals surface area contributed by atoms with Crippen LogP contribution < -0.4 is 5.32 Å². The summed E-state index contributed by atoms with van der Waals surface area (Å²) in [5.41, 5.74) is 1.84. The van der Waals surface area contributed by atoms with Crippen molar-refractivity contribution >= 4 is 29.4 Å². The van der Waals surface area contributed by atoms with Gasteiger partial charge in [-0.3, -0.25) is 4.79 Å². The molecule has 1 saturated carbocycles. The van der Waals surface area contributed by atoms with Gasteiger partial charge in [0, 0.05) is 41.6 Å². The Morgan fingerprint density at radius 2 is 1.93 bits per heavy atom. The standard InChI is InChI=1S/C23H32N4O2S/c1-5-17(2)26(23(29)24-18-8-12-21(30-4)13-9-18)16-22(28)27(19-10-11-19)15-20-7-6-14-25(20)3/h6-9,12-14,17,19H,5,10-11,15-16H2,1-4H3,(H,24,29). The lowest BCUT2D eigenvalue weighted by atomic mass is 10.2. The molecule has 1 unspecified atom stereocenters. The predicted octanol–water partition coefficient (Wildman–Crippen LogP) is 4.57. The number of rotatable bonds is 9. The second-order valence-corrected chi connectivity index (χ2v) is 8.79. The van der Waals surface area contributed by atoms with Crippen LogP contribution in [-0.4, -0.2) is 51.2 Å². The van der Waals surface area contributed by atoms with E-state index in [4.69, 9.17) is 0 Å². The molecule has 3 amide bonds. The predicted molar refractivity (Wildman–Crippen MR) is 123 cm³/mol. The molecule has 1 atom stereocenters. The molecule has 1 aliphatic carbocycles. The van der Waals surface area contributed by atoms with Crippen molar-refractivity contribution in [2.24, 2.45) is 7.05 Å². The lowest BCUT2D eigenvalue weighted by Gasteiger charge is -2.31. The smallest absolute Gasteiger partial charge is 0.322 e. The number of urea groups is 1. The first-order valence-corrected chi connectivity index (χ1v) is 11.8. The number of aromatic nitrogens is 1. The van der Waals surface area contributed by atoms with Crippen LogP contribution in [0.3, 0.4) is 0 Å². The van der Waals surface area contributed by atoms with E-state index in [0.29, 0.717) is 6.54 Å². The Morgan fingerprint density at radius 3 is 2.47 bits per heavy atom. The van der Waals surface area contributed by atoms with Gasteiger partial charge in [0.05, 0.1) is 6.54 Å². The number of thioether (sulfide) groups is 1. The van der Waals surface area contributed by atoms with E-state index in [1.807, 2.05) is 79.2 Å². The largest absolute Gasteiger partial charge is 0.353 e. The van der Waals surface area contributed by atoms with Crippen molar-refractivity contribution in [2.45, 2.75) is 56.6 Å². The van der Waals surface area contributed by atoms with Crippen LogP contribution in [-0.2, 0) is 18.4 Å². The van der Waals surface area contributed by atoms with Crippen LogP contribution in [0.25, 0.3) is 0 Å². The number of hydrogen-bond acceptors (Lipinski definition) is 3. The SMILES string of the molecule is CCC(C)N(CC(=O)N(Cc1cccn1C)C1CC1)C(=O)Nc1ccc(SC)cc1. The summed E-state index contributed by atoms with van der Waals surface area (Å²) in [6.45, 7) is 4.69. The highest BCUT2D eigenvalue weighted by Crippen LogP contribution is 2.29. The Bertz CT molecular complexity index is 860. The van der Waals surface area contributed by atoms with E-state index >= 15 is 0 Å². The quantitative estimate of drug-likeness (QED) is 0.595. The molecule has 1 heterocycles. The number of aryl methyl sites for hydroxylation is 1. The molecule has 1 fully saturated rings. The second kappa shape index (κ2) is 10.1. The molecule has 3 rings (SSSR count). The van der Waals surface area contributed by atoms with Crippen molar-refractivity contribution in [3.05, 3.63) is 48.3 Å². The molecule has 162 valence electrons. The number of anilines is 1. The van der Waals surface area contributed by atoms with E-state index in [0.717, 1.165) is 35.5 Å². The molecular formula is C23H32N4O2S. The van der Waals surface area contributed by atoms with Crippen molar-refractivity contribution in [1.82, 2.24) is 14.4 Å². The lowest BCUT2D eigenvalue weighted by molar-refractivity contribution is -0.133. The first kappa shape index (κ1) is 22.3. The zero-order valence-corrected chi connectivity index (χ0v) is 19.1. The third-order valence-corrected chi connectivity index (χ3v) is 6.47. The van der Waals surface area contributed by atoms with Crippen molar-refractivity contribution in [1.29, 1.82) is 0 Å². The fraction of sp³-hybridized carbons (Fsp3) is 0.478. The van der Waals surface area contributed by atoms with E-state index in [2.05, 4.69) is 5.32 Å². The van der Waals surface area contributed by atoms with Gasteiger partial charge in [0.15, 0.2) is 0 Å². The van der Waals surface area contributed by atoms with Gasteiger partial charge in [-0.05, 0) is 68.8 Å². The Hall–Kier alpha value is -2.41. The molecule has 0 spiro atoms. The first-order valence-electron chi connectivity index (χ1n) is 10.5. The number of hydrogen-bond donors (Lipinski definition) is 1. The molecule has 6 nitrogen and oxygen atoms in total. The normalized spacial score (nSPS) is 14.3. The van der Waals surface area contributed by atoms with E-state index in [-0.39, 0.29) is 30.6 Å². The topological polar surface area (TPSA) is 57.6 Å². The van der Waals surface area contributed by atoms with E-state index in [1.165, 1.54) is 0 Å². The number of benzene rings is 1. The maximum Gasteiger partial charge on any atom is 0.322 e. The molecule has 2 aromatic rings. The molecule has 1 aromatic heterocycles. The van der Waals surface area contributed by atoms with Gasteiger partial charge in [0.25, 0.3) is 0 Å². The number of carbonyl (C=O) groups is 2. The molecule has 1 N–H and O–H groups in total. The van der Waals surface area contributed by atoms with Gasteiger partial charge in [-0.1, -0.05) is 6.92 Å². The van der Waals surface area contributed by atoms with Crippen LogP contribution in [0.2, 0.25) is 0 Å². The molecule has 0 aliphatic heterocycles. The Kier molecular flexibility index (Phi) is 7.48. The first-order chi connectivity index (χ1) is 14.4. The van der Waals surface area contributed by atoms with E-state index in [9.17, 15) is 9.59 Å². The summed E-state index contributed by atoms with van der Waals surface area (Å²) in [6.07, 6.45) is 6.87. The minimum Gasteiger partial charge on any atom is -0.353 e. The van der Waals surface area contributed by atoms with Crippen molar-refractivity contribution < 1.29 is 9.59 Å². The Balaban J connectivity index is 1.69. The Labute approximate surface area is 183 Å². The molecule has 0 radical (unpaired) electrons. The molecular weight excluding hydrogens is 396 g/mol. The highest BCUT2D eigenvalue weighted by molar-refractivity contribution is 7.98. The molecule has 1 aromatic carbocycles. The van der Waals surface area contributed by atoms with Crippen molar-refractivity contribution in [3.8, 4) is 0 Å². The monoisotopic (exact) mass is 428 g/mol. The summed E-state index contributed by atoms with van der Waals surface area (Å²) in [5, 5.41) is 2.96. The molecule has 0 saturated heterocycles. The van der Waals surface area contributed by atoms with Gasteiger partial charge in [-0.25, -0.2) is 4.79 Å². The molecule has 0 bridgehead atoms. The second-order valence-electron chi connectivity index (χ2n) is 7.91. The third kappa shape index (κ3) is 5.59. The summed E-state index contributed by atoms with van der Waals surface area (Å²) in [7, 11) is 1.99. The zero-order valence-electron chi connectivity index (χ0n) is 18.3. The van der Waals surface area contributed by atoms with Crippen LogP contribution in [0, 0.1) is 0 Å². The van der Waals surface area contributed by atoms with E-state index < -0.39 is 0 Å². The highest BCUT2D eigenvalue weighted by Gasteiger charge is 2.34. The van der Waals surface area contributed by atoms with Gasteiger partial charge in [0.1, 0.15) is 6.54 Å². The van der Waals surface area contributed by atoms with Crippen LogP contribution in [0.15, 0.2) is 47.5 Å².